The molecule has 1 aliphatic rings. The van der Waals surface area contributed by atoms with Crippen molar-refractivity contribution in [3.63, 3.8) is 0 Å². The van der Waals surface area contributed by atoms with Crippen LogP contribution in [0.4, 0.5) is 0 Å². The van der Waals surface area contributed by atoms with E-state index in [1.54, 1.807) is 8.86 Å². The van der Waals surface area contributed by atoms with E-state index in [0.29, 0.717) is 0 Å². The fraction of sp³-hybridized carbons (Fsp3) is 1.00. The van der Waals surface area contributed by atoms with Gasteiger partial charge in [-0.25, -0.2) is 0 Å². The molecule has 1 rings (SSSR count). The Labute approximate surface area is 42.9 Å². The fourth-order valence-electron chi connectivity index (χ4n) is 0.0833. The molecule has 0 aliphatic carbocycles. The van der Waals surface area contributed by atoms with Crippen LogP contribution in [0.25, 0.3) is 0 Å². The number of halogens is 2. The van der Waals surface area contributed by atoms with Gasteiger partial charge in [0.05, 0.1) is 0 Å². The molecule has 0 N–H and O–H groups in total. The Hall–Kier alpha value is 1.46. The van der Waals surface area contributed by atoms with E-state index in [0.717, 1.165) is 34.5 Å². The average Bonchev–Trinajstić information content (AvgIpc) is 0.722. The predicted octanol–water partition coefficient (Wildman–Crippen LogP) is 1.32. The zero-order chi connectivity index (χ0) is 2.83. The van der Waals surface area contributed by atoms with Crippen LogP contribution >= 0.6 is 34.5 Å². The maximum absolute atomic E-state index is 1.69. The molecule has 0 saturated carbocycles. The number of hydrogen-bond acceptors (Lipinski definition) is 0. The van der Waals surface area contributed by atoms with Gasteiger partial charge in [-0.1, -0.05) is 0 Å². The molecule has 1 heterocycles. The monoisotopic (exact) mass is 284 g/mol. The fourth-order valence-corrected chi connectivity index (χ4v) is 3.75. The summed E-state index contributed by atoms with van der Waals surface area (Å²) in [6, 6.07) is 0. The van der Waals surface area contributed by atoms with Gasteiger partial charge in [-0.3, -0.25) is 0 Å². The standard InChI is InChI=1S/C2H6I2/c1-2-4-3-1/h3-4H,1-2H2. The minimum atomic E-state index is 0.792. The number of hydrogen-bond donors (Lipinski definition) is 0. The van der Waals surface area contributed by atoms with E-state index in [1.807, 2.05) is 0 Å². The van der Waals surface area contributed by atoms with Crippen molar-refractivity contribution < 1.29 is 0 Å². The van der Waals surface area contributed by atoms with E-state index in [9.17, 15) is 0 Å². The topological polar surface area (TPSA) is 0 Å². The Morgan fingerprint density at radius 1 is 1.00 bits per heavy atom. The molecule has 0 spiro atoms. The van der Waals surface area contributed by atoms with Crippen LogP contribution < -0.4 is 0 Å². The third kappa shape index (κ3) is 0.702. The summed E-state index contributed by atoms with van der Waals surface area (Å²) in [5.41, 5.74) is 0. The van der Waals surface area contributed by atoms with Gasteiger partial charge in [-0.2, -0.15) is 0 Å². The first-order valence-corrected chi connectivity index (χ1v) is 11.9. The number of rotatable bonds is 0. The molecule has 0 aromatic rings. The summed E-state index contributed by atoms with van der Waals surface area (Å²) in [4.78, 5) is 0. The second-order valence-electron chi connectivity index (χ2n) is 0.644. The molecule has 0 aromatic heterocycles. The molecule has 1 fully saturated rings. The molecule has 0 unspecified atom stereocenters. The van der Waals surface area contributed by atoms with Gasteiger partial charge in [0.1, 0.15) is 0 Å². The van der Waals surface area contributed by atoms with Crippen LogP contribution in [0.1, 0.15) is 0 Å². The third-order valence-corrected chi connectivity index (χ3v) is 15.0. The van der Waals surface area contributed by atoms with Gasteiger partial charge in [0.15, 0.2) is 0 Å². The van der Waals surface area contributed by atoms with Crippen molar-refractivity contribution in [2.45, 2.75) is 0 Å². The van der Waals surface area contributed by atoms with Crippen LogP contribution in [-0.4, -0.2) is 8.86 Å². The molecule has 1 aliphatic heterocycles. The van der Waals surface area contributed by atoms with E-state index in [2.05, 4.69) is 0 Å². The molecule has 4 heavy (non-hydrogen) atoms. The van der Waals surface area contributed by atoms with Crippen LogP contribution in [0.15, 0.2) is 0 Å². The predicted molar refractivity (Wildman–Crippen MR) is 40.6 cm³/mol. The normalized spacial score (nSPS) is 28.0. The third-order valence-electron chi connectivity index (χ3n) is 0.333. The van der Waals surface area contributed by atoms with Crippen molar-refractivity contribution in [3.05, 3.63) is 0 Å². The SMILES string of the molecule is C1C[IH][IH]1. The summed E-state index contributed by atoms with van der Waals surface area (Å²) in [6.45, 7) is 0. The summed E-state index contributed by atoms with van der Waals surface area (Å²) in [5, 5.41) is 0. The summed E-state index contributed by atoms with van der Waals surface area (Å²) < 4.78 is 3.38. The summed E-state index contributed by atoms with van der Waals surface area (Å²) in [5.74, 6) is 0. The Morgan fingerprint density at radius 3 is 1.25 bits per heavy atom. The molecule has 0 aromatic carbocycles. The van der Waals surface area contributed by atoms with Gasteiger partial charge in [-0.15, -0.1) is 0 Å². The first-order valence-electron chi connectivity index (χ1n) is 1.24. The second-order valence-corrected chi connectivity index (χ2v) is 13.3. The molecule has 0 bridgehead atoms. The molecule has 0 atom stereocenters. The molecular formula is C2H6I2. The second kappa shape index (κ2) is 1.79. The Bertz CT molecular complexity index is 12.0. The molecule has 0 amide bonds. The summed E-state index contributed by atoms with van der Waals surface area (Å²) in [6.07, 6.45) is 0. The van der Waals surface area contributed by atoms with Crippen LogP contribution in [0.5, 0.6) is 0 Å². The van der Waals surface area contributed by atoms with Crippen LogP contribution in [0, 0.1) is 0 Å². The molecule has 2 heteroatoms. The summed E-state index contributed by atoms with van der Waals surface area (Å²) >= 11 is 1.58. The van der Waals surface area contributed by atoms with Gasteiger partial charge in [0.2, 0.25) is 0 Å². The summed E-state index contributed by atoms with van der Waals surface area (Å²) in [7, 11) is 0. The Morgan fingerprint density at radius 2 is 1.25 bits per heavy atom. The van der Waals surface area contributed by atoms with Crippen LogP contribution in [0.3, 0.4) is 0 Å². The maximum atomic E-state index is 1.69. The van der Waals surface area contributed by atoms with Crippen molar-refractivity contribution in [2.24, 2.45) is 0 Å². The molecule has 0 nitrogen and oxygen atoms in total. The van der Waals surface area contributed by atoms with E-state index < -0.39 is 0 Å². The van der Waals surface area contributed by atoms with E-state index in [1.165, 1.54) is 0 Å². The van der Waals surface area contributed by atoms with Crippen molar-refractivity contribution in [1.82, 2.24) is 0 Å². The van der Waals surface area contributed by atoms with Crippen molar-refractivity contribution in [1.29, 1.82) is 0 Å². The average molecular weight is 284 g/mol. The van der Waals surface area contributed by atoms with Gasteiger partial charge in [-0.05, 0) is 0 Å². The van der Waals surface area contributed by atoms with Crippen molar-refractivity contribution in [2.75, 3.05) is 8.86 Å². The Kier molecular flexibility index (Phi) is 1.63. The minimum absolute atomic E-state index is 0.792. The van der Waals surface area contributed by atoms with Crippen molar-refractivity contribution in [3.8, 4) is 0 Å². The van der Waals surface area contributed by atoms with E-state index >= 15 is 0 Å². The molecule has 0 radical (unpaired) electrons. The van der Waals surface area contributed by atoms with Crippen LogP contribution in [0.2, 0.25) is 0 Å². The first-order chi connectivity index (χ1) is 2.00. The quantitative estimate of drug-likeness (QED) is 0.465. The van der Waals surface area contributed by atoms with Crippen LogP contribution in [-0.2, 0) is 0 Å². The van der Waals surface area contributed by atoms with Gasteiger partial charge >= 0.3 is 43.3 Å². The van der Waals surface area contributed by atoms with Gasteiger partial charge in [0.25, 0.3) is 0 Å². The number of alkyl halides is 2. The first kappa shape index (κ1) is 3.64. The van der Waals surface area contributed by atoms with Gasteiger partial charge < -0.3 is 0 Å². The Balaban J connectivity index is 2.00. The van der Waals surface area contributed by atoms with Gasteiger partial charge in [0, 0.05) is 0 Å². The van der Waals surface area contributed by atoms with E-state index in [4.69, 9.17) is 0 Å². The van der Waals surface area contributed by atoms with Crippen molar-refractivity contribution >= 4 is 34.5 Å². The molecular weight excluding hydrogens is 278 g/mol. The van der Waals surface area contributed by atoms with E-state index in [-0.39, 0.29) is 0 Å². The zero-order valence-corrected chi connectivity index (χ0v) is 6.89. The molecule has 28 valence electrons. The molecule has 1 saturated heterocycles. The zero-order valence-electron chi connectivity index (χ0n) is 2.23.